The van der Waals surface area contributed by atoms with Gasteiger partial charge in [-0.25, -0.2) is 12.8 Å². The number of rotatable bonds is 7. The molecule has 3 aromatic carbocycles. The zero-order chi connectivity index (χ0) is 21.6. The Hall–Kier alpha value is -3.08. The highest BCUT2D eigenvalue weighted by molar-refractivity contribution is 8.04. The number of nitriles is 1. The number of anilines is 1. The second-order valence-corrected chi connectivity index (χ2v) is 9.31. The fraction of sp³-hybridized carbons (Fsp3) is 0.0870. The van der Waals surface area contributed by atoms with Gasteiger partial charge in [0.25, 0.3) is 0 Å². The molecule has 152 valence electrons. The van der Waals surface area contributed by atoms with Crippen LogP contribution in [0, 0.1) is 24.1 Å². The fourth-order valence-corrected chi connectivity index (χ4v) is 5.22. The summed E-state index contributed by atoms with van der Waals surface area (Å²) in [6.07, 6.45) is 0. The molecule has 0 fully saturated rings. The Labute approximate surface area is 180 Å². The Morgan fingerprint density at radius 3 is 2.27 bits per heavy atom. The minimum absolute atomic E-state index is 0.0491. The Kier molecular flexibility index (Phi) is 6.93. The van der Waals surface area contributed by atoms with Gasteiger partial charge in [0.15, 0.2) is 4.91 Å². The van der Waals surface area contributed by atoms with Gasteiger partial charge in [-0.1, -0.05) is 48.5 Å². The molecule has 30 heavy (non-hydrogen) atoms. The van der Waals surface area contributed by atoms with Crippen LogP contribution in [0.3, 0.4) is 0 Å². The maximum atomic E-state index is 13.2. The number of aryl methyl sites for hydroxylation is 1. The van der Waals surface area contributed by atoms with Gasteiger partial charge < -0.3 is 5.32 Å². The van der Waals surface area contributed by atoms with Crippen molar-refractivity contribution >= 4 is 27.3 Å². The minimum Gasteiger partial charge on any atom is -0.348 e. The highest BCUT2D eigenvalue weighted by Gasteiger charge is 2.25. The summed E-state index contributed by atoms with van der Waals surface area (Å²) >= 11 is 1.18. The summed E-state index contributed by atoms with van der Waals surface area (Å²) in [7, 11) is -4.02. The van der Waals surface area contributed by atoms with Gasteiger partial charge >= 0.3 is 0 Å². The van der Waals surface area contributed by atoms with E-state index in [9.17, 15) is 18.1 Å². The number of hydrogen-bond acceptors (Lipinski definition) is 5. The first-order chi connectivity index (χ1) is 14.4. The maximum Gasteiger partial charge on any atom is 0.219 e. The molecule has 0 unspecified atom stereocenters. The summed E-state index contributed by atoms with van der Waals surface area (Å²) in [5, 5.41) is 13.1. The average molecular weight is 439 g/mol. The highest BCUT2D eigenvalue weighted by atomic mass is 32.2. The van der Waals surface area contributed by atoms with Gasteiger partial charge in [0.2, 0.25) is 9.84 Å². The lowest BCUT2D eigenvalue weighted by molar-refractivity contribution is 0.603. The lowest BCUT2D eigenvalue weighted by atomic mass is 10.2. The van der Waals surface area contributed by atoms with Gasteiger partial charge in [-0.3, -0.25) is 0 Å². The average Bonchev–Trinajstić information content (AvgIpc) is 2.75. The first-order valence-electron chi connectivity index (χ1n) is 9.06. The van der Waals surface area contributed by atoms with E-state index in [1.165, 1.54) is 36.0 Å². The van der Waals surface area contributed by atoms with E-state index in [0.717, 1.165) is 11.1 Å². The van der Waals surface area contributed by atoms with Crippen molar-refractivity contribution in [2.24, 2.45) is 0 Å². The van der Waals surface area contributed by atoms with E-state index in [1.54, 1.807) is 30.3 Å². The minimum atomic E-state index is -4.02. The van der Waals surface area contributed by atoms with E-state index in [4.69, 9.17) is 0 Å². The van der Waals surface area contributed by atoms with Gasteiger partial charge in [0, 0.05) is 11.4 Å². The van der Waals surface area contributed by atoms with Crippen molar-refractivity contribution in [1.29, 1.82) is 5.26 Å². The molecule has 3 rings (SSSR count). The number of benzene rings is 3. The SMILES string of the molecule is Cc1ccccc1NC(SCc1ccc(F)cc1)=C(C#N)S(=O)(=O)c1ccccc1. The molecule has 4 nitrogen and oxygen atoms in total. The van der Waals surface area contributed by atoms with E-state index < -0.39 is 9.84 Å². The normalized spacial score (nSPS) is 12.0. The van der Waals surface area contributed by atoms with Crippen LogP contribution in [0.2, 0.25) is 0 Å². The van der Waals surface area contributed by atoms with Crippen molar-refractivity contribution in [3.05, 3.63) is 106 Å². The van der Waals surface area contributed by atoms with Gasteiger partial charge in [0.1, 0.15) is 16.9 Å². The largest absolute Gasteiger partial charge is 0.348 e. The highest BCUT2D eigenvalue weighted by Crippen LogP contribution is 2.32. The van der Waals surface area contributed by atoms with Crippen molar-refractivity contribution in [1.82, 2.24) is 0 Å². The summed E-state index contributed by atoms with van der Waals surface area (Å²) in [6, 6.07) is 23.1. The number of nitrogens with zero attached hydrogens (tertiary/aromatic N) is 1. The number of nitrogens with one attached hydrogen (secondary N) is 1. The third-order valence-corrected chi connectivity index (χ3v) is 7.25. The maximum absolute atomic E-state index is 13.2. The zero-order valence-corrected chi connectivity index (χ0v) is 17.8. The van der Waals surface area contributed by atoms with E-state index >= 15 is 0 Å². The molecule has 0 saturated carbocycles. The zero-order valence-electron chi connectivity index (χ0n) is 16.2. The fourth-order valence-electron chi connectivity index (χ4n) is 2.68. The smallest absolute Gasteiger partial charge is 0.219 e. The van der Waals surface area contributed by atoms with E-state index in [0.29, 0.717) is 11.4 Å². The predicted octanol–water partition coefficient (Wildman–Crippen LogP) is 5.65. The van der Waals surface area contributed by atoms with Crippen molar-refractivity contribution in [2.45, 2.75) is 17.6 Å². The molecule has 0 bridgehead atoms. The Morgan fingerprint density at radius 2 is 1.63 bits per heavy atom. The number of thioether (sulfide) groups is 1. The van der Waals surface area contributed by atoms with Crippen molar-refractivity contribution < 1.29 is 12.8 Å². The van der Waals surface area contributed by atoms with Gasteiger partial charge in [-0.15, -0.1) is 11.8 Å². The lowest BCUT2D eigenvalue weighted by Crippen LogP contribution is -2.10. The molecule has 0 aliphatic rings. The van der Waals surface area contributed by atoms with Crippen molar-refractivity contribution in [3.63, 3.8) is 0 Å². The molecular formula is C23H19FN2O2S2. The number of para-hydroxylation sites is 1. The van der Waals surface area contributed by atoms with Crippen LogP contribution in [-0.4, -0.2) is 8.42 Å². The first-order valence-corrected chi connectivity index (χ1v) is 11.5. The number of sulfone groups is 1. The number of hydrogen-bond donors (Lipinski definition) is 1. The molecule has 0 aromatic heterocycles. The summed E-state index contributed by atoms with van der Waals surface area (Å²) in [5.41, 5.74) is 2.42. The quantitative estimate of drug-likeness (QED) is 0.483. The van der Waals surface area contributed by atoms with Crippen LogP contribution in [0.15, 0.2) is 93.7 Å². The molecule has 0 atom stereocenters. The van der Waals surface area contributed by atoms with E-state index in [2.05, 4.69) is 5.32 Å². The number of halogens is 1. The van der Waals surface area contributed by atoms with Crippen LogP contribution in [0.5, 0.6) is 0 Å². The summed E-state index contributed by atoms with van der Waals surface area (Å²) in [6.45, 7) is 1.89. The molecular weight excluding hydrogens is 419 g/mol. The molecule has 0 heterocycles. The number of allylic oxidation sites excluding steroid dienone is 1. The van der Waals surface area contributed by atoms with Crippen LogP contribution in [-0.2, 0) is 15.6 Å². The van der Waals surface area contributed by atoms with Crippen molar-refractivity contribution in [2.75, 3.05) is 5.32 Å². The Bertz CT molecular complexity index is 1200. The van der Waals surface area contributed by atoms with Crippen molar-refractivity contribution in [3.8, 4) is 6.07 Å². The second-order valence-electron chi connectivity index (χ2n) is 6.44. The molecule has 3 aromatic rings. The summed E-state index contributed by atoms with van der Waals surface area (Å²) < 4.78 is 39.5. The molecule has 0 aliphatic carbocycles. The van der Waals surface area contributed by atoms with E-state index in [-0.39, 0.29) is 20.6 Å². The second kappa shape index (κ2) is 9.61. The predicted molar refractivity (Wildman–Crippen MR) is 119 cm³/mol. The standard InChI is InChI=1S/C23H19FN2O2S2/c1-17-7-5-6-10-21(17)26-23(29-16-18-11-13-19(24)14-12-18)22(15-25)30(27,28)20-8-3-2-4-9-20/h2-14,26H,16H2,1H3. The molecule has 7 heteroatoms. The van der Waals surface area contributed by atoms with Crippen LogP contribution in [0.25, 0.3) is 0 Å². The van der Waals surface area contributed by atoms with Crippen LogP contribution < -0.4 is 5.32 Å². The van der Waals surface area contributed by atoms with Crippen LogP contribution in [0.4, 0.5) is 10.1 Å². The van der Waals surface area contributed by atoms with Gasteiger partial charge in [0.05, 0.1) is 4.90 Å². The molecule has 1 N–H and O–H groups in total. The first kappa shape index (κ1) is 21.6. The molecule has 0 aliphatic heterocycles. The summed E-state index contributed by atoms with van der Waals surface area (Å²) in [5.74, 6) is 0.0196. The third kappa shape index (κ3) is 5.09. The molecule has 0 spiro atoms. The molecule has 0 radical (unpaired) electrons. The molecule has 0 amide bonds. The van der Waals surface area contributed by atoms with Crippen LogP contribution >= 0.6 is 11.8 Å². The summed E-state index contributed by atoms with van der Waals surface area (Å²) in [4.78, 5) is -0.308. The Morgan fingerprint density at radius 1 is 1.00 bits per heavy atom. The van der Waals surface area contributed by atoms with Gasteiger partial charge in [-0.05, 0) is 48.4 Å². The lowest BCUT2D eigenvalue weighted by Gasteiger charge is -2.15. The third-order valence-electron chi connectivity index (χ3n) is 4.32. The Balaban J connectivity index is 2.04. The van der Waals surface area contributed by atoms with Crippen LogP contribution in [0.1, 0.15) is 11.1 Å². The topological polar surface area (TPSA) is 70.0 Å². The van der Waals surface area contributed by atoms with E-state index in [1.807, 2.05) is 37.3 Å². The monoisotopic (exact) mass is 438 g/mol. The molecule has 0 saturated heterocycles. The van der Waals surface area contributed by atoms with Gasteiger partial charge in [-0.2, -0.15) is 5.26 Å².